The van der Waals surface area contributed by atoms with Gasteiger partial charge in [-0.2, -0.15) is 5.26 Å². The van der Waals surface area contributed by atoms with Gasteiger partial charge in [0.25, 0.3) is 0 Å². The number of fused-ring (bicyclic) bond motifs is 3. The molecule has 0 unspecified atom stereocenters. The van der Waals surface area contributed by atoms with Crippen LogP contribution in [0.25, 0.3) is 33.2 Å². The number of hydrogen-bond donors (Lipinski definition) is 0. The molecular weight excluding hydrogens is 320 g/mol. The summed E-state index contributed by atoms with van der Waals surface area (Å²) >= 11 is 0. The van der Waals surface area contributed by atoms with Gasteiger partial charge in [-0.15, -0.1) is 0 Å². The van der Waals surface area contributed by atoms with E-state index >= 15 is 0 Å². The molecule has 0 spiro atoms. The van der Waals surface area contributed by atoms with Crippen molar-refractivity contribution in [2.24, 2.45) is 7.05 Å². The van der Waals surface area contributed by atoms with Crippen molar-refractivity contribution in [3.05, 3.63) is 65.3 Å². The third-order valence-electron chi connectivity index (χ3n) is 4.89. The molecule has 3 nitrogen and oxygen atoms in total. The molecule has 0 radical (unpaired) electrons. The molecule has 0 saturated carbocycles. The number of nitrogens with zero attached hydrogens (tertiary/aromatic N) is 2. The van der Waals surface area contributed by atoms with Gasteiger partial charge in [-0.3, -0.25) is 0 Å². The van der Waals surface area contributed by atoms with E-state index in [1.807, 2.05) is 58.2 Å². The van der Waals surface area contributed by atoms with Crippen LogP contribution in [0.4, 0.5) is 0 Å². The molecule has 0 amide bonds. The molecule has 2 aromatic carbocycles. The van der Waals surface area contributed by atoms with Crippen LogP contribution in [-0.4, -0.2) is 0 Å². The lowest BCUT2D eigenvalue weighted by Gasteiger charge is -2.09. The number of rotatable bonds is 2. The Morgan fingerprint density at radius 3 is 2.77 bits per heavy atom. The minimum Gasteiger partial charge on any atom is -0.455 e. The summed E-state index contributed by atoms with van der Waals surface area (Å²) in [4.78, 5) is 0. The summed E-state index contributed by atoms with van der Waals surface area (Å²) in [5, 5.41) is 11.2. The van der Waals surface area contributed by atoms with Crippen LogP contribution < -0.4 is 4.57 Å². The van der Waals surface area contributed by atoms with Crippen LogP contribution >= 0.6 is 0 Å². The monoisotopic (exact) mass is 343 g/mol. The Balaban J connectivity index is 2.15. The van der Waals surface area contributed by atoms with E-state index in [-0.39, 0.29) is 0 Å². The topological polar surface area (TPSA) is 40.8 Å². The van der Waals surface area contributed by atoms with Crippen LogP contribution in [0, 0.1) is 18.3 Å². The Bertz CT molecular complexity index is 1290. The number of hydrogen-bond acceptors (Lipinski definition) is 2. The third-order valence-corrected chi connectivity index (χ3v) is 4.89. The molecule has 0 saturated heterocycles. The molecule has 4 rings (SSSR count). The highest BCUT2D eigenvalue weighted by Gasteiger charge is 2.22. The molecular formula is C23H21N2O+. The quantitative estimate of drug-likeness (QED) is 0.458. The van der Waals surface area contributed by atoms with Gasteiger partial charge in [0.15, 0.2) is 6.17 Å². The number of furan rings is 1. The summed E-state index contributed by atoms with van der Waals surface area (Å²) in [5.41, 5.74) is 5.45. The average Bonchev–Trinajstić information content (AvgIpc) is 3.02. The summed E-state index contributed by atoms with van der Waals surface area (Å²) in [6.45, 7) is 5.65. The van der Waals surface area contributed by atoms with Gasteiger partial charge in [-0.05, 0) is 36.1 Å². The normalized spacial score (nSPS) is 12.9. The highest BCUT2D eigenvalue weighted by molar-refractivity contribution is 6.11. The first-order chi connectivity index (χ1) is 13.2. The maximum absolute atomic E-state index is 9.52. The van der Waals surface area contributed by atoms with E-state index < -0.39 is 5.89 Å². The van der Waals surface area contributed by atoms with E-state index in [0.29, 0.717) is 22.9 Å². The maximum atomic E-state index is 9.52. The van der Waals surface area contributed by atoms with Crippen molar-refractivity contribution in [3.8, 4) is 17.3 Å². The van der Waals surface area contributed by atoms with Crippen molar-refractivity contribution < 1.29 is 11.7 Å². The number of aromatic nitrogens is 1. The van der Waals surface area contributed by atoms with Crippen molar-refractivity contribution in [2.45, 2.75) is 26.7 Å². The molecule has 0 aliphatic carbocycles. The summed E-state index contributed by atoms with van der Waals surface area (Å²) in [6, 6.07) is 15.4. The average molecular weight is 343 g/mol. The van der Waals surface area contributed by atoms with Gasteiger partial charge in [0.05, 0.1) is 17.2 Å². The fraction of sp³-hybridized carbons (Fsp3) is 0.217. The van der Waals surface area contributed by atoms with Crippen molar-refractivity contribution in [2.75, 3.05) is 0 Å². The van der Waals surface area contributed by atoms with Crippen LogP contribution in [0.2, 0.25) is 0 Å². The van der Waals surface area contributed by atoms with E-state index in [9.17, 15) is 5.26 Å². The minimum atomic E-state index is -0.817. The molecule has 2 heterocycles. The Hall–Kier alpha value is -3.12. The smallest absolute Gasteiger partial charge is 0.216 e. The molecule has 128 valence electrons. The van der Waals surface area contributed by atoms with Gasteiger partial charge in [0.1, 0.15) is 19.6 Å². The zero-order chi connectivity index (χ0) is 20.2. The fourth-order valence-electron chi connectivity index (χ4n) is 3.45. The van der Waals surface area contributed by atoms with E-state index in [1.165, 1.54) is 0 Å². The molecule has 0 N–H and O–H groups in total. The van der Waals surface area contributed by atoms with Gasteiger partial charge in [0, 0.05) is 24.3 Å². The van der Waals surface area contributed by atoms with E-state index in [0.717, 1.165) is 33.2 Å². The summed E-state index contributed by atoms with van der Waals surface area (Å²) < 4.78 is 24.8. The van der Waals surface area contributed by atoms with E-state index in [1.54, 1.807) is 16.7 Å². The summed E-state index contributed by atoms with van der Waals surface area (Å²) in [5.74, 6) is -0.817. The molecule has 0 fully saturated rings. The van der Waals surface area contributed by atoms with Crippen molar-refractivity contribution in [1.82, 2.24) is 0 Å². The van der Waals surface area contributed by atoms with Gasteiger partial charge >= 0.3 is 0 Å². The number of nitriles is 1. The number of aryl methyl sites for hydroxylation is 1. The van der Waals surface area contributed by atoms with Crippen molar-refractivity contribution >= 4 is 21.9 Å². The van der Waals surface area contributed by atoms with Crippen LogP contribution in [0.3, 0.4) is 0 Å². The molecule has 26 heavy (non-hydrogen) atoms. The van der Waals surface area contributed by atoms with Crippen LogP contribution in [-0.2, 0) is 7.05 Å². The molecule has 0 aliphatic rings. The molecule has 3 heteroatoms. The lowest BCUT2D eigenvalue weighted by molar-refractivity contribution is -0.660. The number of benzene rings is 2. The van der Waals surface area contributed by atoms with Gasteiger partial charge in [-0.25, -0.2) is 4.57 Å². The molecule has 0 aliphatic heterocycles. The van der Waals surface area contributed by atoms with Gasteiger partial charge in [-0.1, -0.05) is 32.0 Å². The van der Waals surface area contributed by atoms with Crippen LogP contribution in [0.15, 0.2) is 53.1 Å². The zero-order valence-electron chi connectivity index (χ0n) is 17.3. The highest BCUT2D eigenvalue weighted by Crippen LogP contribution is 2.38. The van der Waals surface area contributed by atoms with Crippen molar-refractivity contribution in [1.29, 1.82) is 5.26 Å². The summed E-state index contributed by atoms with van der Waals surface area (Å²) in [7, 11) is 1.85. The first-order valence-electron chi connectivity index (χ1n) is 9.59. The second-order valence-electron chi connectivity index (χ2n) is 6.84. The van der Waals surface area contributed by atoms with E-state index in [4.69, 9.17) is 7.16 Å². The maximum Gasteiger partial charge on any atom is 0.216 e. The molecule has 0 bridgehead atoms. The Labute approximate surface area is 155 Å². The lowest BCUT2D eigenvalue weighted by Crippen LogP contribution is -2.31. The SMILES string of the molecule is [2H]c1cc(C([2H])(C)C)cc(-c2c(C)ccc3c2oc2cccc(C#N)c23)[n+]1C. The molecule has 2 aromatic heterocycles. The Morgan fingerprint density at radius 2 is 2.04 bits per heavy atom. The van der Waals surface area contributed by atoms with Gasteiger partial charge < -0.3 is 4.42 Å². The fourth-order valence-corrected chi connectivity index (χ4v) is 3.45. The zero-order valence-corrected chi connectivity index (χ0v) is 15.3. The predicted molar refractivity (Wildman–Crippen MR) is 104 cm³/mol. The largest absolute Gasteiger partial charge is 0.455 e. The highest BCUT2D eigenvalue weighted by atomic mass is 16.3. The Kier molecular flexibility index (Phi) is 3.25. The molecule has 0 atom stereocenters. The lowest BCUT2D eigenvalue weighted by atomic mass is 9.96. The third kappa shape index (κ3) is 2.38. The standard InChI is InChI=1S/C23H21N2O/c1-14(2)16-10-11-25(4)19(12-16)21-15(3)8-9-18-22-17(13-24)6-5-7-20(22)26-23(18)21/h5-12,14H,1-4H3/q+1/i11D,14D. The number of pyridine rings is 1. The van der Waals surface area contributed by atoms with Crippen LogP contribution in [0.1, 0.15) is 39.2 Å². The van der Waals surface area contributed by atoms with Gasteiger partial charge in [0.2, 0.25) is 5.69 Å². The predicted octanol–water partition coefficient (Wildman–Crippen LogP) is 5.38. The second-order valence-corrected chi connectivity index (χ2v) is 6.84. The van der Waals surface area contributed by atoms with E-state index in [2.05, 4.69) is 6.07 Å². The van der Waals surface area contributed by atoms with Crippen LogP contribution in [0.5, 0.6) is 0 Å². The first kappa shape index (κ1) is 14.1. The summed E-state index contributed by atoms with van der Waals surface area (Å²) in [6.07, 6.45) is 0.332. The molecule has 4 aromatic rings. The van der Waals surface area contributed by atoms with Crippen molar-refractivity contribution in [3.63, 3.8) is 0 Å². The first-order valence-corrected chi connectivity index (χ1v) is 8.59. The minimum absolute atomic E-state index is 0.332. The Morgan fingerprint density at radius 1 is 1.23 bits per heavy atom. The second kappa shape index (κ2) is 6.00.